The Balaban J connectivity index is 3.39. The minimum Gasteiger partial charge on any atom is -0.481 e. The molecular formula is C30H44N6O11. The van der Waals surface area contributed by atoms with E-state index in [4.69, 9.17) is 5.73 Å². The van der Waals surface area contributed by atoms with Gasteiger partial charge in [0.15, 0.2) is 0 Å². The molecule has 1 aromatic carbocycles. The van der Waals surface area contributed by atoms with E-state index in [1.807, 2.05) is 0 Å². The highest BCUT2D eigenvalue weighted by molar-refractivity contribution is 5.97. The minimum absolute atomic E-state index is 0.113. The number of rotatable bonds is 20. The molecule has 0 aliphatic rings. The normalized spacial score (nSPS) is 15.3. The maximum absolute atomic E-state index is 13.6. The van der Waals surface area contributed by atoms with Crippen LogP contribution < -0.4 is 32.3 Å². The van der Waals surface area contributed by atoms with Crippen molar-refractivity contribution in [3.8, 4) is 0 Å². The van der Waals surface area contributed by atoms with Crippen LogP contribution in [0.3, 0.4) is 0 Å². The van der Waals surface area contributed by atoms with E-state index in [9.17, 15) is 53.7 Å². The van der Waals surface area contributed by atoms with Gasteiger partial charge in [-0.2, -0.15) is 0 Å². The highest BCUT2D eigenvalue weighted by atomic mass is 16.4. The Morgan fingerprint density at radius 1 is 0.723 bits per heavy atom. The quantitative estimate of drug-likeness (QED) is 0.0729. The van der Waals surface area contributed by atoms with Crippen LogP contribution in [0.2, 0.25) is 0 Å². The lowest BCUT2D eigenvalue weighted by Crippen LogP contribution is -2.61. The van der Waals surface area contributed by atoms with Crippen molar-refractivity contribution in [2.75, 3.05) is 0 Å². The van der Waals surface area contributed by atoms with Crippen LogP contribution in [-0.4, -0.2) is 99.0 Å². The molecule has 47 heavy (non-hydrogen) atoms. The van der Waals surface area contributed by atoms with E-state index in [2.05, 4.69) is 26.6 Å². The number of amides is 6. The van der Waals surface area contributed by atoms with Gasteiger partial charge >= 0.3 is 11.9 Å². The lowest BCUT2D eigenvalue weighted by atomic mass is 9.96. The molecular weight excluding hydrogens is 620 g/mol. The van der Waals surface area contributed by atoms with Crippen molar-refractivity contribution in [3.63, 3.8) is 0 Å². The van der Waals surface area contributed by atoms with E-state index in [-0.39, 0.29) is 6.42 Å². The summed E-state index contributed by atoms with van der Waals surface area (Å²) in [6.07, 6.45) is -2.92. The summed E-state index contributed by atoms with van der Waals surface area (Å²) in [4.78, 5) is 99.2. The molecule has 1 aromatic rings. The monoisotopic (exact) mass is 664 g/mol. The Hall–Kier alpha value is -5.06. The summed E-state index contributed by atoms with van der Waals surface area (Å²) in [7, 11) is 0. The summed E-state index contributed by atoms with van der Waals surface area (Å²) in [6.45, 7) is 5.64. The van der Waals surface area contributed by atoms with E-state index in [0.29, 0.717) is 12.0 Å². The number of carbonyl (C=O) groups excluding carboxylic acids is 6. The van der Waals surface area contributed by atoms with Crippen molar-refractivity contribution in [2.24, 2.45) is 11.7 Å². The third kappa shape index (κ3) is 14.3. The molecule has 0 fully saturated rings. The number of carbonyl (C=O) groups is 8. The topological polar surface area (TPSA) is 283 Å². The number of hydrogen-bond donors (Lipinski definition) is 9. The zero-order valence-electron chi connectivity index (χ0n) is 26.6. The molecule has 0 aliphatic carbocycles. The standard InChI is InChI=1S/C30H44N6O11/c1-5-15(2)24(35-29(46)21(14-23(41)42)32-17(4)38)30(47)34-20(13-18-9-7-6-8-10-18)28(45)33-19(11-12-22(39)40)27(44)36-25(16(3)37)26(31)43/h6-10,15-16,19-21,24-25,37H,5,11-14H2,1-4H3,(H2,31,43)(H,32,38)(H,33,45)(H,34,47)(H,35,46)(H,36,44)(H,39,40)(H,41,42)/t15-,16+,19-,20-,21-,24-,25-/m0/s1. The number of hydrogen-bond acceptors (Lipinski definition) is 9. The second kappa shape index (κ2) is 19.5. The molecule has 260 valence electrons. The fourth-order valence-corrected chi connectivity index (χ4v) is 4.40. The fourth-order valence-electron chi connectivity index (χ4n) is 4.40. The number of aliphatic hydroxyl groups is 1. The first-order valence-electron chi connectivity index (χ1n) is 14.9. The van der Waals surface area contributed by atoms with Gasteiger partial charge in [-0.1, -0.05) is 50.6 Å². The number of aliphatic hydroxyl groups excluding tert-OH is 1. The maximum atomic E-state index is 13.6. The Kier molecular flexibility index (Phi) is 16.5. The average Bonchev–Trinajstić information content (AvgIpc) is 2.98. The Bertz CT molecular complexity index is 1270. The molecule has 17 nitrogen and oxygen atoms in total. The van der Waals surface area contributed by atoms with Crippen molar-refractivity contribution < 1.29 is 53.7 Å². The van der Waals surface area contributed by atoms with Crippen molar-refractivity contribution in [1.29, 1.82) is 0 Å². The average molecular weight is 665 g/mol. The summed E-state index contributed by atoms with van der Waals surface area (Å²) in [6, 6.07) is 1.16. The summed E-state index contributed by atoms with van der Waals surface area (Å²) in [5.41, 5.74) is 5.82. The van der Waals surface area contributed by atoms with Gasteiger partial charge in [-0.25, -0.2) is 0 Å². The molecule has 0 saturated heterocycles. The van der Waals surface area contributed by atoms with Gasteiger partial charge in [-0.05, 0) is 24.8 Å². The summed E-state index contributed by atoms with van der Waals surface area (Å²) >= 11 is 0. The molecule has 7 atom stereocenters. The minimum atomic E-state index is -1.55. The van der Waals surface area contributed by atoms with Crippen molar-refractivity contribution in [1.82, 2.24) is 26.6 Å². The van der Waals surface area contributed by atoms with E-state index in [1.54, 1.807) is 44.2 Å². The molecule has 0 aliphatic heterocycles. The number of carboxylic acids is 2. The first kappa shape index (κ1) is 40.0. The van der Waals surface area contributed by atoms with Gasteiger partial charge in [0.05, 0.1) is 12.5 Å². The highest BCUT2D eigenvalue weighted by Crippen LogP contribution is 2.12. The number of nitrogens with one attached hydrogen (secondary N) is 5. The summed E-state index contributed by atoms with van der Waals surface area (Å²) in [5.74, 6) is -8.67. The second-order valence-electron chi connectivity index (χ2n) is 11.1. The van der Waals surface area contributed by atoms with E-state index < -0.39 is 109 Å². The fraction of sp³-hybridized carbons (Fsp3) is 0.533. The Morgan fingerprint density at radius 2 is 1.26 bits per heavy atom. The molecule has 17 heteroatoms. The largest absolute Gasteiger partial charge is 0.481 e. The lowest BCUT2D eigenvalue weighted by molar-refractivity contribution is -0.141. The molecule has 0 spiro atoms. The van der Waals surface area contributed by atoms with Gasteiger partial charge in [0, 0.05) is 19.8 Å². The molecule has 6 amide bonds. The number of benzene rings is 1. The van der Waals surface area contributed by atoms with E-state index >= 15 is 0 Å². The number of primary amides is 1. The molecule has 0 bridgehead atoms. The Morgan fingerprint density at radius 3 is 1.74 bits per heavy atom. The Labute approximate surface area is 271 Å². The van der Waals surface area contributed by atoms with Crippen LogP contribution in [0.5, 0.6) is 0 Å². The first-order valence-corrected chi connectivity index (χ1v) is 14.9. The van der Waals surface area contributed by atoms with Crippen LogP contribution in [0.25, 0.3) is 0 Å². The SMILES string of the molecule is CC[C@H](C)[C@H](NC(=O)[C@H](CC(=O)O)NC(C)=O)C(=O)N[C@@H](Cc1ccccc1)C(=O)N[C@@H](CCC(=O)O)C(=O)N[C@H](C(N)=O)[C@@H](C)O. The molecule has 0 saturated carbocycles. The molecule has 0 unspecified atom stereocenters. The van der Waals surface area contributed by atoms with Gasteiger partial charge in [0.25, 0.3) is 0 Å². The smallest absolute Gasteiger partial charge is 0.305 e. The van der Waals surface area contributed by atoms with E-state index in [0.717, 1.165) is 6.92 Å². The van der Waals surface area contributed by atoms with Gasteiger partial charge in [-0.15, -0.1) is 0 Å². The van der Waals surface area contributed by atoms with Gasteiger partial charge < -0.3 is 47.6 Å². The molecule has 1 rings (SSSR count). The predicted molar refractivity (Wildman–Crippen MR) is 165 cm³/mol. The van der Waals surface area contributed by atoms with Gasteiger partial charge in [0.2, 0.25) is 35.4 Å². The third-order valence-corrected chi connectivity index (χ3v) is 7.15. The zero-order chi connectivity index (χ0) is 35.8. The second-order valence-corrected chi connectivity index (χ2v) is 11.1. The van der Waals surface area contributed by atoms with Crippen LogP contribution >= 0.6 is 0 Å². The van der Waals surface area contributed by atoms with Crippen molar-refractivity contribution >= 4 is 47.4 Å². The van der Waals surface area contributed by atoms with Crippen molar-refractivity contribution in [2.45, 2.75) is 96.1 Å². The molecule has 0 heterocycles. The number of nitrogens with two attached hydrogens (primary N) is 1. The molecule has 0 aromatic heterocycles. The predicted octanol–water partition coefficient (Wildman–Crippen LogP) is -2.08. The maximum Gasteiger partial charge on any atom is 0.305 e. The zero-order valence-corrected chi connectivity index (χ0v) is 26.6. The number of aliphatic carboxylic acids is 2. The molecule has 10 N–H and O–H groups in total. The van der Waals surface area contributed by atoms with Gasteiger partial charge in [-0.3, -0.25) is 38.4 Å². The van der Waals surface area contributed by atoms with Crippen LogP contribution in [0.15, 0.2) is 30.3 Å². The van der Waals surface area contributed by atoms with Crippen LogP contribution in [0.1, 0.15) is 58.9 Å². The third-order valence-electron chi connectivity index (χ3n) is 7.15. The van der Waals surface area contributed by atoms with Crippen LogP contribution in [0.4, 0.5) is 0 Å². The van der Waals surface area contributed by atoms with Crippen molar-refractivity contribution in [3.05, 3.63) is 35.9 Å². The lowest BCUT2D eigenvalue weighted by Gasteiger charge is -2.29. The first-order chi connectivity index (χ1) is 22.0. The number of carboxylic acid groups (broad SMARTS) is 2. The van der Waals surface area contributed by atoms with Crippen LogP contribution in [0, 0.1) is 5.92 Å². The summed E-state index contributed by atoms with van der Waals surface area (Å²) in [5, 5.41) is 40.1. The van der Waals surface area contributed by atoms with Gasteiger partial charge in [0.1, 0.15) is 30.2 Å². The van der Waals surface area contributed by atoms with Crippen LogP contribution in [-0.2, 0) is 44.8 Å². The van der Waals surface area contributed by atoms with E-state index in [1.165, 1.54) is 6.92 Å². The highest BCUT2D eigenvalue weighted by Gasteiger charge is 2.35. The summed E-state index contributed by atoms with van der Waals surface area (Å²) < 4.78 is 0. The molecule has 0 radical (unpaired) electrons.